The zero-order chi connectivity index (χ0) is 18.5. The number of hydrogen-bond acceptors (Lipinski definition) is 5. The minimum Gasteiger partial charge on any atom is -0.486 e. The van der Waals surface area contributed by atoms with E-state index in [0.29, 0.717) is 16.5 Å². The minimum absolute atomic E-state index is 0.0843. The molecule has 0 saturated heterocycles. The van der Waals surface area contributed by atoms with E-state index in [0.717, 1.165) is 18.2 Å². The number of esters is 1. The SMILES string of the molecule is O=C(OCc1csc(COc2ccc(F)cc2)n1)c1ccc(F)c(F)c1. The average Bonchev–Trinajstić information content (AvgIpc) is 3.09. The van der Waals surface area contributed by atoms with Crippen LogP contribution in [-0.2, 0) is 18.0 Å². The fourth-order valence-electron chi connectivity index (χ4n) is 2.00. The summed E-state index contributed by atoms with van der Waals surface area (Å²) in [5.74, 6) is -2.77. The first-order chi connectivity index (χ1) is 12.5. The predicted octanol–water partition coefficient (Wildman–Crippen LogP) is 4.50. The van der Waals surface area contributed by atoms with Crippen molar-refractivity contribution in [2.75, 3.05) is 0 Å². The molecule has 0 saturated carbocycles. The van der Waals surface area contributed by atoms with E-state index in [-0.39, 0.29) is 24.6 Å². The van der Waals surface area contributed by atoms with Gasteiger partial charge in [-0.1, -0.05) is 0 Å². The van der Waals surface area contributed by atoms with Crippen LogP contribution in [0.3, 0.4) is 0 Å². The second kappa shape index (κ2) is 8.01. The highest BCUT2D eigenvalue weighted by Crippen LogP contribution is 2.17. The van der Waals surface area contributed by atoms with Gasteiger partial charge in [-0.15, -0.1) is 11.3 Å². The number of aromatic nitrogens is 1. The first-order valence-corrected chi connectivity index (χ1v) is 8.33. The summed E-state index contributed by atoms with van der Waals surface area (Å²) in [4.78, 5) is 16.1. The number of carbonyl (C=O) groups excluding carboxylic acids is 1. The second-order valence-electron chi connectivity index (χ2n) is 5.18. The van der Waals surface area contributed by atoms with Gasteiger partial charge in [-0.25, -0.2) is 22.9 Å². The van der Waals surface area contributed by atoms with Crippen LogP contribution >= 0.6 is 11.3 Å². The summed E-state index contributed by atoms with van der Waals surface area (Å²) in [6.45, 7) is 0.0816. The number of thiazole rings is 1. The maximum absolute atomic E-state index is 13.1. The van der Waals surface area contributed by atoms with Gasteiger partial charge < -0.3 is 9.47 Å². The molecule has 0 fully saturated rings. The van der Waals surface area contributed by atoms with Gasteiger partial charge in [0.15, 0.2) is 11.6 Å². The Balaban J connectivity index is 1.52. The Hall–Kier alpha value is -2.87. The highest BCUT2D eigenvalue weighted by atomic mass is 32.1. The Morgan fingerprint density at radius 1 is 1.00 bits per heavy atom. The molecule has 0 atom stereocenters. The van der Waals surface area contributed by atoms with Crippen molar-refractivity contribution < 1.29 is 27.4 Å². The van der Waals surface area contributed by atoms with Crippen molar-refractivity contribution in [2.24, 2.45) is 0 Å². The van der Waals surface area contributed by atoms with Crippen molar-refractivity contribution in [3.63, 3.8) is 0 Å². The Morgan fingerprint density at radius 3 is 2.50 bits per heavy atom. The van der Waals surface area contributed by atoms with Crippen LogP contribution in [0.5, 0.6) is 5.75 Å². The molecule has 1 aromatic heterocycles. The van der Waals surface area contributed by atoms with E-state index in [4.69, 9.17) is 9.47 Å². The molecule has 0 N–H and O–H groups in total. The molecular formula is C18H12F3NO3S. The molecule has 8 heteroatoms. The topological polar surface area (TPSA) is 48.4 Å². The fourth-order valence-corrected chi connectivity index (χ4v) is 2.69. The van der Waals surface area contributed by atoms with Crippen molar-refractivity contribution in [1.29, 1.82) is 0 Å². The first kappa shape index (κ1) is 17.9. The summed E-state index contributed by atoms with van der Waals surface area (Å²) in [5, 5.41) is 2.34. The van der Waals surface area contributed by atoms with Crippen molar-refractivity contribution in [2.45, 2.75) is 13.2 Å². The molecule has 0 aliphatic heterocycles. The maximum Gasteiger partial charge on any atom is 0.338 e. The van der Waals surface area contributed by atoms with E-state index < -0.39 is 17.6 Å². The van der Waals surface area contributed by atoms with Gasteiger partial charge in [0.25, 0.3) is 0 Å². The molecular weight excluding hydrogens is 367 g/mol. The molecule has 26 heavy (non-hydrogen) atoms. The van der Waals surface area contributed by atoms with Crippen LogP contribution in [0.2, 0.25) is 0 Å². The first-order valence-electron chi connectivity index (χ1n) is 7.45. The monoisotopic (exact) mass is 379 g/mol. The smallest absolute Gasteiger partial charge is 0.338 e. The number of benzene rings is 2. The van der Waals surface area contributed by atoms with Crippen LogP contribution < -0.4 is 4.74 Å². The summed E-state index contributed by atoms with van der Waals surface area (Å²) >= 11 is 1.31. The normalized spacial score (nSPS) is 10.6. The summed E-state index contributed by atoms with van der Waals surface area (Å²) < 4.78 is 49.3. The van der Waals surface area contributed by atoms with Crippen LogP contribution in [0.4, 0.5) is 13.2 Å². The van der Waals surface area contributed by atoms with Crippen molar-refractivity contribution in [3.05, 3.63) is 81.6 Å². The van der Waals surface area contributed by atoms with E-state index in [9.17, 15) is 18.0 Å². The van der Waals surface area contributed by atoms with Gasteiger partial charge in [0.05, 0.1) is 11.3 Å². The van der Waals surface area contributed by atoms with Gasteiger partial charge in [0, 0.05) is 5.38 Å². The third-order valence-corrected chi connectivity index (χ3v) is 4.15. The number of carbonyl (C=O) groups is 1. The Morgan fingerprint density at radius 2 is 1.77 bits per heavy atom. The standard InChI is InChI=1S/C18H12F3NO3S/c19-12-2-4-14(5-3-12)24-9-17-22-13(10-26-17)8-25-18(23)11-1-6-15(20)16(21)7-11/h1-7,10H,8-9H2. The van der Waals surface area contributed by atoms with Crippen LogP contribution in [0.15, 0.2) is 47.8 Å². The molecule has 0 bridgehead atoms. The lowest BCUT2D eigenvalue weighted by Crippen LogP contribution is -2.06. The molecule has 0 amide bonds. The van der Waals surface area contributed by atoms with Crippen LogP contribution in [0, 0.1) is 17.5 Å². The fraction of sp³-hybridized carbons (Fsp3) is 0.111. The van der Waals surface area contributed by atoms with Crippen LogP contribution in [0.25, 0.3) is 0 Å². The highest BCUT2D eigenvalue weighted by Gasteiger charge is 2.12. The number of halogens is 3. The van der Waals surface area contributed by atoms with Crippen LogP contribution in [-0.4, -0.2) is 11.0 Å². The van der Waals surface area contributed by atoms with E-state index in [1.807, 2.05) is 0 Å². The number of ether oxygens (including phenoxy) is 2. The molecule has 3 aromatic rings. The highest BCUT2D eigenvalue weighted by molar-refractivity contribution is 7.09. The lowest BCUT2D eigenvalue weighted by molar-refractivity contribution is 0.0467. The van der Waals surface area contributed by atoms with Crippen LogP contribution in [0.1, 0.15) is 21.1 Å². The zero-order valence-corrected chi connectivity index (χ0v) is 14.1. The van der Waals surface area contributed by atoms with Crippen molar-refractivity contribution >= 4 is 17.3 Å². The molecule has 4 nitrogen and oxygen atoms in total. The lowest BCUT2D eigenvalue weighted by atomic mass is 10.2. The van der Waals surface area contributed by atoms with Gasteiger partial charge in [-0.3, -0.25) is 0 Å². The Labute approximate surface area is 150 Å². The van der Waals surface area contributed by atoms with Gasteiger partial charge in [-0.2, -0.15) is 0 Å². The van der Waals surface area contributed by atoms with Crippen molar-refractivity contribution in [1.82, 2.24) is 4.98 Å². The van der Waals surface area contributed by atoms with Gasteiger partial charge in [0.1, 0.15) is 29.8 Å². The third-order valence-electron chi connectivity index (χ3n) is 3.28. The van der Waals surface area contributed by atoms with Gasteiger partial charge in [-0.05, 0) is 42.5 Å². The maximum atomic E-state index is 13.1. The average molecular weight is 379 g/mol. The van der Waals surface area contributed by atoms with Gasteiger partial charge in [0.2, 0.25) is 0 Å². The zero-order valence-electron chi connectivity index (χ0n) is 13.2. The molecule has 0 radical (unpaired) electrons. The summed E-state index contributed by atoms with van der Waals surface area (Å²) in [6.07, 6.45) is 0. The molecule has 134 valence electrons. The van der Waals surface area contributed by atoms with E-state index in [1.165, 1.54) is 35.6 Å². The Bertz CT molecular complexity index is 912. The molecule has 2 aromatic carbocycles. The third kappa shape index (κ3) is 4.60. The number of hydrogen-bond donors (Lipinski definition) is 0. The lowest BCUT2D eigenvalue weighted by Gasteiger charge is -2.04. The predicted molar refractivity (Wildman–Crippen MR) is 88.3 cm³/mol. The molecule has 0 aliphatic carbocycles. The van der Waals surface area contributed by atoms with E-state index >= 15 is 0 Å². The summed E-state index contributed by atoms with van der Waals surface area (Å²) in [7, 11) is 0. The number of nitrogens with zero attached hydrogens (tertiary/aromatic N) is 1. The molecule has 0 unspecified atom stereocenters. The largest absolute Gasteiger partial charge is 0.486 e. The second-order valence-corrected chi connectivity index (χ2v) is 6.12. The summed E-state index contributed by atoms with van der Waals surface area (Å²) in [6, 6.07) is 8.38. The molecule has 1 heterocycles. The van der Waals surface area contributed by atoms with E-state index in [2.05, 4.69) is 4.98 Å². The summed E-state index contributed by atoms with van der Waals surface area (Å²) in [5.41, 5.74) is 0.419. The molecule has 0 spiro atoms. The van der Waals surface area contributed by atoms with E-state index in [1.54, 1.807) is 5.38 Å². The minimum atomic E-state index is -1.12. The van der Waals surface area contributed by atoms with Crippen molar-refractivity contribution in [3.8, 4) is 5.75 Å². The number of rotatable bonds is 6. The molecule has 0 aliphatic rings. The quantitative estimate of drug-likeness (QED) is 0.592. The van der Waals surface area contributed by atoms with Gasteiger partial charge >= 0.3 is 5.97 Å². The molecule has 3 rings (SSSR count). The Kier molecular flexibility index (Phi) is 5.52.